The number of hydrogen-bond donors (Lipinski definition) is 2. The third-order valence-electron chi connectivity index (χ3n) is 3.12. The number of hydrogen-bond acceptors (Lipinski definition) is 2. The summed E-state index contributed by atoms with van der Waals surface area (Å²) in [5.41, 5.74) is 1.28. The van der Waals surface area contributed by atoms with Crippen LogP contribution in [0.5, 0.6) is 5.75 Å². The van der Waals surface area contributed by atoms with Gasteiger partial charge in [0.2, 0.25) is 0 Å². The van der Waals surface area contributed by atoms with Crippen molar-refractivity contribution in [1.29, 1.82) is 0 Å². The van der Waals surface area contributed by atoms with Crippen molar-refractivity contribution in [2.24, 2.45) is 4.99 Å². The van der Waals surface area contributed by atoms with Gasteiger partial charge in [-0.1, -0.05) is 32.4 Å². The molecule has 2 N–H and O–H groups in total. The first-order chi connectivity index (χ1) is 10.3. The molecule has 1 rings (SSSR count). The first-order valence-electron chi connectivity index (χ1n) is 7.96. The Labute approximate surface area is 152 Å². The predicted octanol–water partition coefficient (Wildman–Crippen LogP) is 3.60. The molecule has 0 spiro atoms. The Morgan fingerprint density at radius 1 is 1.14 bits per heavy atom. The highest BCUT2D eigenvalue weighted by Gasteiger charge is 1.99. The van der Waals surface area contributed by atoms with Gasteiger partial charge in [0.25, 0.3) is 0 Å². The molecule has 0 bridgehead atoms. The molecule has 1 aromatic carbocycles. The van der Waals surface area contributed by atoms with E-state index in [0.29, 0.717) is 0 Å². The molecule has 0 atom stereocenters. The Morgan fingerprint density at radius 3 is 2.59 bits per heavy atom. The Hall–Kier alpha value is -0.980. The second-order valence-corrected chi connectivity index (χ2v) is 5.03. The van der Waals surface area contributed by atoms with Gasteiger partial charge < -0.3 is 15.4 Å². The predicted molar refractivity (Wildman–Crippen MR) is 106 cm³/mol. The highest BCUT2D eigenvalue weighted by atomic mass is 127. The maximum absolute atomic E-state index is 5.65. The summed E-state index contributed by atoms with van der Waals surface area (Å²) in [6.07, 6.45) is 4.34. The van der Waals surface area contributed by atoms with Gasteiger partial charge in [-0.3, -0.25) is 4.99 Å². The van der Waals surface area contributed by atoms with Crippen molar-refractivity contribution >= 4 is 29.9 Å². The van der Waals surface area contributed by atoms with Crippen LogP contribution in [0.15, 0.2) is 29.3 Å². The molecule has 4 nitrogen and oxygen atoms in total. The second-order valence-electron chi connectivity index (χ2n) is 5.03. The number of rotatable bonds is 9. The van der Waals surface area contributed by atoms with E-state index in [1.165, 1.54) is 12.0 Å². The summed E-state index contributed by atoms with van der Waals surface area (Å²) < 4.78 is 5.65. The van der Waals surface area contributed by atoms with Gasteiger partial charge >= 0.3 is 0 Å². The minimum absolute atomic E-state index is 0. The van der Waals surface area contributed by atoms with E-state index in [1.807, 2.05) is 6.07 Å². The van der Waals surface area contributed by atoms with Crippen LogP contribution in [0.3, 0.4) is 0 Å². The molecule has 0 aromatic heterocycles. The molecule has 0 aliphatic heterocycles. The Kier molecular flexibility index (Phi) is 13.1. The topological polar surface area (TPSA) is 45.7 Å². The molecular formula is C17H30IN3O. The lowest BCUT2D eigenvalue weighted by molar-refractivity contribution is 0.317. The number of benzene rings is 1. The Morgan fingerprint density at radius 2 is 1.91 bits per heavy atom. The molecule has 0 aliphatic carbocycles. The molecule has 126 valence electrons. The molecule has 22 heavy (non-hydrogen) atoms. The highest BCUT2D eigenvalue weighted by molar-refractivity contribution is 14.0. The third kappa shape index (κ3) is 9.12. The summed E-state index contributed by atoms with van der Waals surface area (Å²) in [5.74, 6) is 1.83. The molecule has 5 heteroatoms. The number of ether oxygens (including phenoxy) is 1. The fourth-order valence-electron chi connectivity index (χ4n) is 1.94. The zero-order chi connectivity index (χ0) is 15.3. The minimum atomic E-state index is 0. The normalized spacial score (nSPS) is 10.8. The molecule has 0 amide bonds. The van der Waals surface area contributed by atoms with Crippen molar-refractivity contribution < 1.29 is 4.74 Å². The van der Waals surface area contributed by atoms with E-state index in [1.54, 1.807) is 7.05 Å². The molecule has 0 saturated carbocycles. The maximum atomic E-state index is 5.65. The van der Waals surface area contributed by atoms with Crippen LogP contribution in [0.25, 0.3) is 0 Å². The third-order valence-corrected chi connectivity index (χ3v) is 3.12. The van der Waals surface area contributed by atoms with E-state index >= 15 is 0 Å². The molecule has 0 fully saturated rings. The molecule has 0 aliphatic rings. The van der Waals surface area contributed by atoms with E-state index in [9.17, 15) is 0 Å². The van der Waals surface area contributed by atoms with Gasteiger partial charge in [0.15, 0.2) is 5.96 Å². The molecule has 0 saturated heterocycles. The van der Waals surface area contributed by atoms with Crippen LogP contribution in [-0.4, -0.2) is 32.7 Å². The van der Waals surface area contributed by atoms with Crippen molar-refractivity contribution in [3.8, 4) is 5.75 Å². The van der Waals surface area contributed by atoms with Crippen molar-refractivity contribution in [2.75, 3.05) is 26.7 Å². The largest absolute Gasteiger partial charge is 0.494 e. The van der Waals surface area contributed by atoms with Crippen molar-refractivity contribution in [3.63, 3.8) is 0 Å². The van der Waals surface area contributed by atoms with Crippen LogP contribution in [0.1, 0.15) is 38.7 Å². The lowest BCUT2D eigenvalue weighted by atomic mass is 10.1. The minimum Gasteiger partial charge on any atom is -0.494 e. The standard InChI is InChI=1S/C17H29N3O.HI/c1-4-6-11-19-17(18-3)20-12-10-15-8-7-9-16(14-15)21-13-5-2;/h7-9,14H,4-6,10-13H2,1-3H3,(H2,18,19,20);1H. The molecule has 0 radical (unpaired) electrons. The van der Waals surface area contributed by atoms with Gasteiger partial charge in [-0.15, -0.1) is 24.0 Å². The summed E-state index contributed by atoms with van der Waals surface area (Å²) in [7, 11) is 1.81. The van der Waals surface area contributed by atoms with E-state index in [4.69, 9.17) is 4.74 Å². The maximum Gasteiger partial charge on any atom is 0.190 e. The van der Waals surface area contributed by atoms with Gasteiger partial charge in [0.05, 0.1) is 6.61 Å². The zero-order valence-corrected chi connectivity index (χ0v) is 16.4. The lowest BCUT2D eigenvalue weighted by Crippen LogP contribution is -2.38. The van der Waals surface area contributed by atoms with Crippen LogP contribution < -0.4 is 15.4 Å². The van der Waals surface area contributed by atoms with Crippen molar-refractivity contribution in [1.82, 2.24) is 10.6 Å². The van der Waals surface area contributed by atoms with Crippen molar-refractivity contribution in [2.45, 2.75) is 39.5 Å². The van der Waals surface area contributed by atoms with Gasteiger partial charge in [-0.2, -0.15) is 0 Å². The van der Waals surface area contributed by atoms with Crippen LogP contribution in [-0.2, 0) is 6.42 Å². The van der Waals surface area contributed by atoms with Crippen LogP contribution >= 0.6 is 24.0 Å². The summed E-state index contributed by atoms with van der Waals surface area (Å²) >= 11 is 0. The number of nitrogens with one attached hydrogen (secondary N) is 2. The number of halogens is 1. The van der Waals surface area contributed by atoms with Crippen LogP contribution in [0.4, 0.5) is 0 Å². The van der Waals surface area contributed by atoms with Gasteiger partial charge in [0, 0.05) is 20.1 Å². The van der Waals surface area contributed by atoms with Gasteiger partial charge in [-0.25, -0.2) is 0 Å². The van der Waals surface area contributed by atoms with E-state index in [-0.39, 0.29) is 24.0 Å². The average molecular weight is 419 g/mol. The average Bonchev–Trinajstić information content (AvgIpc) is 2.52. The lowest BCUT2D eigenvalue weighted by Gasteiger charge is -2.12. The summed E-state index contributed by atoms with van der Waals surface area (Å²) in [6.45, 7) is 6.91. The van der Waals surface area contributed by atoms with E-state index in [0.717, 1.165) is 50.7 Å². The van der Waals surface area contributed by atoms with Gasteiger partial charge in [-0.05, 0) is 37.0 Å². The first-order valence-corrected chi connectivity index (χ1v) is 7.96. The zero-order valence-electron chi connectivity index (χ0n) is 14.0. The van der Waals surface area contributed by atoms with Crippen LogP contribution in [0, 0.1) is 0 Å². The SMILES string of the molecule is CCCCNC(=NC)NCCc1cccc(OCCC)c1.I. The quantitative estimate of drug-likeness (QED) is 0.278. The smallest absolute Gasteiger partial charge is 0.190 e. The summed E-state index contributed by atoms with van der Waals surface area (Å²) in [4.78, 5) is 4.22. The van der Waals surface area contributed by atoms with E-state index in [2.05, 4.69) is 47.7 Å². The second kappa shape index (κ2) is 13.7. The number of unbranched alkanes of at least 4 members (excludes halogenated alkanes) is 1. The molecule has 0 heterocycles. The van der Waals surface area contributed by atoms with Gasteiger partial charge in [0.1, 0.15) is 5.75 Å². The Bertz CT molecular complexity index is 424. The molecular weight excluding hydrogens is 389 g/mol. The van der Waals surface area contributed by atoms with E-state index < -0.39 is 0 Å². The number of nitrogens with zero attached hydrogens (tertiary/aromatic N) is 1. The number of guanidine groups is 1. The molecule has 0 unspecified atom stereocenters. The fraction of sp³-hybridized carbons (Fsp3) is 0.588. The highest BCUT2D eigenvalue weighted by Crippen LogP contribution is 2.13. The monoisotopic (exact) mass is 419 g/mol. The number of aliphatic imine (C=N–C) groups is 1. The van der Waals surface area contributed by atoms with Crippen molar-refractivity contribution in [3.05, 3.63) is 29.8 Å². The van der Waals surface area contributed by atoms with Crippen LogP contribution in [0.2, 0.25) is 0 Å². The summed E-state index contributed by atoms with van der Waals surface area (Å²) in [6, 6.07) is 8.31. The fourth-order valence-corrected chi connectivity index (χ4v) is 1.94. The molecule has 1 aromatic rings. The Balaban J connectivity index is 0.00000441. The first kappa shape index (κ1) is 21.0. The summed E-state index contributed by atoms with van der Waals surface area (Å²) in [5, 5.41) is 6.65.